The first kappa shape index (κ1) is 15.9. The molecule has 6 heteroatoms. The van der Waals surface area contributed by atoms with E-state index in [-0.39, 0.29) is 5.91 Å². The topological polar surface area (TPSA) is 56.8 Å². The number of carbonyl (C=O) groups excluding carboxylic acids is 1. The van der Waals surface area contributed by atoms with Gasteiger partial charge in [-0.05, 0) is 30.7 Å². The molecule has 0 aliphatic carbocycles. The van der Waals surface area contributed by atoms with Gasteiger partial charge in [0, 0.05) is 18.0 Å². The van der Waals surface area contributed by atoms with Gasteiger partial charge in [0.2, 0.25) is 5.91 Å². The van der Waals surface area contributed by atoms with E-state index in [4.69, 9.17) is 14.3 Å². The Hall–Kier alpha value is -1.11. The van der Waals surface area contributed by atoms with Gasteiger partial charge in [0.1, 0.15) is 5.75 Å². The zero-order chi connectivity index (χ0) is 13.9. The third kappa shape index (κ3) is 7.81. The monoisotopic (exact) mass is 331 g/mol. The molecule has 0 aliphatic heterocycles. The number of nitrogens with one attached hydrogen (secondary N) is 1. The van der Waals surface area contributed by atoms with E-state index in [0.29, 0.717) is 32.7 Å². The zero-order valence-electron chi connectivity index (χ0n) is 10.9. The highest BCUT2D eigenvalue weighted by Crippen LogP contribution is 2.16. The number of ether oxygens (including phenoxy) is 2. The lowest BCUT2D eigenvalue weighted by molar-refractivity contribution is -0.134. The summed E-state index contributed by atoms with van der Waals surface area (Å²) in [5.74, 6) is 0.635. The van der Waals surface area contributed by atoms with Gasteiger partial charge in [-0.25, -0.2) is 5.48 Å². The van der Waals surface area contributed by atoms with E-state index >= 15 is 0 Å². The summed E-state index contributed by atoms with van der Waals surface area (Å²) >= 11 is 3.35. The van der Waals surface area contributed by atoms with Crippen molar-refractivity contribution in [2.75, 3.05) is 26.9 Å². The maximum atomic E-state index is 11.3. The van der Waals surface area contributed by atoms with Crippen LogP contribution in [-0.2, 0) is 14.4 Å². The molecule has 0 atom stereocenters. The lowest BCUT2D eigenvalue weighted by Crippen LogP contribution is -2.25. The molecule has 0 bridgehead atoms. The van der Waals surface area contributed by atoms with Crippen molar-refractivity contribution in [2.24, 2.45) is 0 Å². The second-order valence-electron chi connectivity index (χ2n) is 3.77. The van der Waals surface area contributed by atoms with Crippen LogP contribution in [0.3, 0.4) is 0 Å². The summed E-state index contributed by atoms with van der Waals surface area (Å²) < 4.78 is 11.3. The van der Waals surface area contributed by atoms with Crippen LogP contribution in [0, 0.1) is 0 Å². The summed E-state index contributed by atoms with van der Waals surface area (Å²) in [6.45, 7) is 1.29. The summed E-state index contributed by atoms with van der Waals surface area (Å²) in [4.78, 5) is 16.2. The third-order valence-corrected chi connectivity index (χ3v) is 2.73. The van der Waals surface area contributed by atoms with Crippen LogP contribution in [0.4, 0.5) is 0 Å². The standard InChI is InChI=1S/C13H18BrNO4/c1-17-9-10-19-15-13(16)3-2-8-18-12-6-4-11(14)5-7-12/h4-7H,2-3,8-10H2,1H3,(H,15,16). The molecular formula is C13H18BrNO4. The normalized spacial score (nSPS) is 10.2. The van der Waals surface area contributed by atoms with Crippen LogP contribution in [0.15, 0.2) is 28.7 Å². The van der Waals surface area contributed by atoms with Gasteiger partial charge in [0.05, 0.1) is 19.8 Å². The summed E-state index contributed by atoms with van der Waals surface area (Å²) in [5, 5.41) is 0. The van der Waals surface area contributed by atoms with E-state index in [1.807, 2.05) is 24.3 Å². The van der Waals surface area contributed by atoms with E-state index < -0.39 is 0 Å². The van der Waals surface area contributed by atoms with E-state index in [1.54, 1.807) is 7.11 Å². The fourth-order valence-corrected chi connectivity index (χ4v) is 1.53. The van der Waals surface area contributed by atoms with Crippen molar-refractivity contribution in [3.8, 4) is 5.75 Å². The molecule has 1 amide bonds. The van der Waals surface area contributed by atoms with Gasteiger partial charge in [-0.3, -0.25) is 9.63 Å². The van der Waals surface area contributed by atoms with Crippen LogP contribution >= 0.6 is 15.9 Å². The molecule has 1 aromatic rings. The minimum absolute atomic E-state index is 0.157. The smallest absolute Gasteiger partial charge is 0.243 e. The minimum atomic E-state index is -0.157. The van der Waals surface area contributed by atoms with Gasteiger partial charge in [-0.15, -0.1) is 0 Å². The van der Waals surface area contributed by atoms with Crippen molar-refractivity contribution < 1.29 is 19.1 Å². The summed E-state index contributed by atoms with van der Waals surface area (Å²) in [6.07, 6.45) is 0.999. The van der Waals surface area contributed by atoms with Gasteiger partial charge < -0.3 is 9.47 Å². The molecule has 0 aromatic heterocycles. The second kappa shape index (κ2) is 9.77. The van der Waals surface area contributed by atoms with Crippen molar-refractivity contribution in [2.45, 2.75) is 12.8 Å². The van der Waals surface area contributed by atoms with E-state index in [1.165, 1.54) is 0 Å². The number of benzene rings is 1. The quantitative estimate of drug-likeness (QED) is 0.557. The van der Waals surface area contributed by atoms with Crippen LogP contribution in [0.25, 0.3) is 0 Å². The van der Waals surface area contributed by atoms with E-state index in [2.05, 4.69) is 21.4 Å². The SMILES string of the molecule is COCCONC(=O)CCCOc1ccc(Br)cc1. The molecule has 0 spiro atoms. The number of amides is 1. The van der Waals surface area contributed by atoms with Crippen molar-refractivity contribution in [3.63, 3.8) is 0 Å². The summed E-state index contributed by atoms with van der Waals surface area (Å²) in [6, 6.07) is 7.56. The largest absolute Gasteiger partial charge is 0.494 e. The Kier molecular flexibility index (Phi) is 8.20. The Balaban J connectivity index is 2.03. The predicted molar refractivity (Wildman–Crippen MR) is 74.8 cm³/mol. The fraction of sp³-hybridized carbons (Fsp3) is 0.462. The minimum Gasteiger partial charge on any atom is -0.494 e. The van der Waals surface area contributed by atoms with Gasteiger partial charge in [-0.2, -0.15) is 0 Å². The van der Waals surface area contributed by atoms with Gasteiger partial charge in [0.25, 0.3) is 0 Å². The maximum absolute atomic E-state index is 11.3. The molecule has 1 aromatic carbocycles. The molecule has 0 saturated carbocycles. The Labute approximate surface area is 121 Å². The number of carbonyl (C=O) groups is 1. The van der Waals surface area contributed by atoms with Gasteiger partial charge >= 0.3 is 0 Å². The summed E-state index contributed by atoms with van der Waals surface area (Å²) in [5.41, 5.74) is 2.34. The molecule has 0 saturated heterocycles. The Morgan fingerprint density at radius 2 is 1.95 bits per heavy atom. The highest BCUT2D eigenvalue weighted by molar-refractivity contribution is 9.10. The Morgan fingerprint density at radius 3 is 2.63 bits per heavy atom. The van der Waals surface area contributed by atoms with E-state index in [0.717, 1.165) is 10.2 Å². The third-order valence-electron chi connectivity index (χ3n) is 2.21. The van der Waals surface area contributed by atoms with Gasteiger partial charge in [0.15, 0.2) is 0 Å². The molecule has 0 heterocycles. The number of hydrogen-bond acceptors (Lipinski definition) is 4. The van der Waals surface area contributed by atoms with E-state index in [9.17, 15) is 4.79 Å². The first-order valence-electron chi connectivity index (χ1n) is 6.00. The molecule has 19 heavy (non-hydrogen) atoms. The molecule has 106 valence electrons. The molecular weight excluding hydrogens is 314 g/mol. The highest BCUT2D eigenvalue weighted by Gasteiger charge is 2.01. The average molecular weight is 332 g/mol. The number of halogens is 1. The van der Waals surface area contributed by atoms with Crippen LogP contribution in [0.2, 0.25) is 0 Å². The first-order chi connectivity index (χ1) is 9.22. The molecule has 1 N–H and O–H groups in total. The average Bonchev–Trinajstić information content (AvgIpc) is 2.42. The second-order valence-corrected chi connectivity index (χ2v) is 4.69. The van der Waals surface area contributed by atoms with Crippen molar-refractivity contribution in [1.82, 2.24) is 5.48 Å². The number of rotatable bonds is 9. The number of methoxy groups -OCH3 is 1. The Bertz CT molecular complexity index is 369. The number of hydroxylamine groups is 1. The molecule has 5 nitrogen and oxygen atoms in total. The molecule has 0 unspecified atom stereocenters. The van der Waals surface area contributed by atoms with Crippen molar-refractivity contribution >= 4 is 21.8 Å². The summed E-state index contributed by atoms with van der Waals surface area (Å²) in [7, 11) is 1.57. The molecule has 0 radical (unpaired) electrons. The highest BCUT2D eigenvalue weighted by atomic mass is 79.9. The van der Waals surface area contributed by atoms with Crippen LogP contribution in [-0.4, -0.2) is 32.8 Å². The first-order valence-corrected chi connectivity index (χ1v) is 6.79. The van der Waals surface area contributed by atoms with Crippen molar-refractivity contribution in [3.05, 3.63) is 28.7 Å². The lowest BCUT2D eigenvalue weighted by Gasteiger charge is -2.07. The molecule has 0 aliphatic rings. The van der Waals surface area contributed by atoms with Crippen LogP contribution in [0.5, 0.6) is 5.75 Å². The fourth-order valence-electron chi connectivity index (χ4n) is 1.26. The predicted octanol–water partition coefficient (Wildman–Crippen LogP) is 2.30. The Morgan fingerprint density at radius 1 is 1.21 bits per heavy atom. The lowest BCUT2D eigenvalue weighted by atomic mass is 10.3. The van der Waals surface area contributed by atoms with Gasteiger partial charge in [-0.1, -0.05) is 15.9 Å². The molecule has 0 fully saturated rings. The van der Waals surface area contributed by atoms with Crippen LogP contribution < -0.4 is 10.2 Å². The van der Waals surface area contributed by atoms with Crippen molar-refractivity contribution in [1.29, 1.82) is 0 Å². The maximum Gasteiger partial charge on any atom is 0.243 e. The zero-order valence-corrected chi connectivity index (χ0v) is 12.4. The number of hydrogen-bond donors (Lipinski definition) is 1. The van der Waals surface area contributed by atoms with Crippen LogP contribution in [0.1, 0.15) is 12.8 Å². The molecule has 1 rings (SSSR count).